The fourth-order valence-corrected chi connectivity index (χ4v) is 2.79. The first-order chi connectivity index (χ1) is 8.09. The lowest BCUT2D eigenvalue weighted by Crippen LogP contribution is -2.34. The van der Waals surface area contributed by atoms with Crippen molar-refractivity contribution in [2.45, 2.75) is 26.8 Å². The number of nitrogens with zero attached hydrogens (tertiary/aromatic N) is 1. The van der Waals surface area contributed by atoms with Crippen LogP contribution < -0.4 is 5.32 Å². The van der Waals surface area contributed by atoms with Crippen molar-refractivity contribution in [2.24, 2.45) is 5.41 Å². The summed E-state index contributed by atoms with van der Waals surface area (Å²) >= 11 is 0. The van der Waals surface area contributed by atoms with E-state index in [0.717, 1.165) is 13.1 Å². The van der Waals surface area contributed by atoms with Gasteiger partial charge in [-0.25, -0.2) is 0 Å². The van der Waals surface area contributed by atoms with Crippen molar-refractivity contribution in [2.75, 3.05) is 26.7 Å². The fraction of sp³-hybridized carbons (Fsp3) is 0.600. The summed E-state index contributed by atoms with van der Waals surface area (Å²) in [5.74, 6) is 0. The summed E-state index contributed by atoms with van der Waals surface area (Å²) in [7, 11) is 2.23. The lowest BCUT2D eigenvalue weighted by Gasteiger charge is -2.29. The molecule has 0 radical (unpaired) electrons. The smallest absolute Gasteiger partial charge is 0.0233 e. The van der Waals surface area contributed by atoms with E-state index in [-0.39, 0.29) is 0 Å². The van der Waals surface area contributed by atoms with Gasteiger partial charge in [0.15, 0.2) is 0 Å². The monoisotopic (exact) mass is 232 g/mol. The quantitative estimate of drug-likeness (QED) is 0.857. The van der Waals surface area contributed by atoms with E-state index in [1.54, 1.807) is 0 Å². The van der Waals surface area contributed by atoms with Gasteiger partial charge in [0.1, 0.15) is 0 Å². The summed E-state index contributed by atoms with van der Waals surface area (Å²) in [6.07, 6.45) is 1.30. The van der Waals surface area contributed by atoms with Gasteiger partial charge < -0.3 is 10.2 Å². The molecule has 17 heavy (non-hydrogen) atoms. The Morgan fingerprint density at radius 1 is 1.35 bits per heavy atom. The average Bonchev–Trinajstić information content (AvgIpc) is 2.68. The van der Waals surface area contributed by atoms with Crippen LogP contribution in [0.15, 0.2) is 24.3 Å². The van der Waals surface area contributed by atoms with Gasteiger partial charge in [-0.1, -0.05) is 31.2 Å². The maximum atomic E-state index is 3.47. The highest BCUT2D eigenvalue weighted by molar-refractivity contribution is 5.25. The van der Waals surface area contributed by atoms with Crippen LogP contribution in [0.4, 0.5) is 0 Å². The van der Waals surface area contributed by atoms with Gasteiger partial charge in [0.2, 0.25) is 0 Å². The zero-order valence-electron chi connectivity index (χ0n) is 11.3. The Labute approximate surface area is 105 Å². The molecule has 2 rings (SSSR count). The van der Waals surface area contributed by atoms with Crippen LogP contribution in [0.1, 0.15) is 24.5 Å². The molecule has 1 aliphatic rings. The minimum Gasteiger partial charge on any atom is -0.316 e. The highest BCUT2D eigenvalue weighted by atomic mass is 15.1. The van der Waals surface area contributed by atoms with E-state index in [4.69, 9.17) is 0 Å². The topological polar surface area (TPSA) is 15.3 Å². The first-order valence-corrected chi connectivity index (χ1v) is 6.53. The highest BCUT2D eigenvalue weighted by Gasteiger charge is 2.29. The minimum absolute atomic E-state index is 0.456. The second kappa shape index (κ2) is 5.19. The average molecular weight is 232 g/mol. The third kappa shape index (κ3) is 3.30. The van der Waals surface area contributed by atoms with Crippen molar-refractivity contribution in [3.05, 3.63) is 35.4 Å². The molecule has 0 amide bonds. The molecule has 0 aromatic heterocycles. The van der Waals surface area contributed by atoms with E-state index in [1.807, 2.05) is 0 Å². The van der Waals surface area contributed by atoms with Crippen LogP contribution in [0.2, 0.25) is 0 Å². The van der Waals surface area contributed by atoms with E-state index >= 15 is 0 Å². The molecule has 1 fully saturated rings. The van der Waals surface area contributed by atoms with Crippen molar-refractivity contribution < 1.29 is 0 Å². The molecule has 2 heteroatoms. The Morgan fingerprint density at radius 3 is 2.76 bits per heavy atom. The zero-order valence-corrected chi connectivity index (χ0v) is 11.3. The van der Waals surface area contributed by atoms with Gasteiger partial charge in [-0.2, -0.15) is 0 Å². The van der Waals surface area contributed by atoms with E-state index in [9.17, 15) is 0 Å². The van der Waals surface area contributed by atoms with E-state index in [0.29, 0.717) is 5.41 Å². The molecule has 1 unspecified atom stereocenters. The molecule has 0 aliphatic carbocycles. The van der Waals surface area contributed by atoms with Gasteiger partial charge in [-0.15, -0.1) is 0 Å². The van der Waals surface area contributed by atoms with Crippen molar-refractivity contribution in [3.63, 3.8) is 0 Å². The van der Waals surface area contributed by atoms with Crippen molar-refractivity contribution in [1.82, 2.24) is 10.2 Å². The molecular weight excluding hydrogens is 208 g/mol. The Morgan fingerprint density at radius 2 is 2.12 bits per heavy atom. The van der Waals surface area contributed by atoms with Crippen LogP contribution in [-0.2, 0) is 6.54 Å². The number of rotatable bonds is 4. The normalized spacial score (nSPS) is 24.5. The standard InChI is InChI=1S/C15H24N2/c1-13-6-4-5-7-14(13)10-17(3)12-15(2)8-9-16-11-15/h4-7,16H,8-12H2,1-3H3. The lowest BCUT2D eigenvalue weighted by molar-refractivity contribution is 0.203. The van der Waals surface area contributed by atoms with Crippen LogP contribution in [0, 0.1) is 12.3 Å². The molecule has 1 aliphatic heterocycles. The van der Waals surface area contributed by atoms with E-state index < -0.39 is 0 Å². The van der Waals surface area contributed by atoms with Gasteiger partial charge in [0.25, 0.3) is 0 Å². The summed E-state index contributed by atoms with van der Waals surface area (Å²) < 4.78 is 0. The predicted octanol–water partition coefficient (Wildman–Crippen LogP) is 2.43. The molecular formula is C15H24N2. The van der Waals surface area contributed by atoms with Gasteiger partial charge in [0.05, 0.1) is 0 Å². The molecule has 1 saturated heterocycles. The second-order valence-corrected chi connectivity index (χ2v) is 5.84. The van der Waals surface area contributed by atoms with Crippen molar-refractivity contribution in [3.8, 4) is 0 Å². The molecule has 1 N–H and O–H groups in total. The molecule has 1 aromatic rings. The van der Waals surface area contributed by atoms with E-state index in [2.05, 4.69) is 55.4 Å². The van der Waals surface area contributed by atoms with Crippen molar-refractivity contribution in [1.29, 1.82) is 0 Å². The van der Waals surface area contributed by atoms with Crippen LogP contribution >= 0.6 is 0 Å². The SMILES string of the molecule is Cc1ccccc1CN(C)CC1(C)CCNC1. The maximum absolute atomic E-state index is 3.47. The molecule has 0 spiro atoms. The molecule has 2 nitrogen and oxygen atoms in total. The number of nitrogens with one attached hydrogen (secondary N) is 1. The second-order valence-electron chi connectivity index (χ2n) is 5.84. The summed E-state index contributed by atoms with van der Waals surface area (Å²) in [5, 5.41) is 3.47. The number of benzene rings is 1. The lowest BCUT2D eigenvalue weighted by atomic mass is 9.89. The molecule has 0 saturated carbocycles. The third-order valence-corrected chi connectivity index (χ3v) is 3.81. The molecule has 1 heterocycles. The third-order valence-electron chi connectivity index (χ3n) is 3.81. The van der Waals surface area contributed by atoms with E-state index in [1.165, 1.54) is 30.6 Å². The number of hydrogen-bond donors (Lipinski definition) is 1. The Bertz CT molecular complexity index is 367. The Balaban J connectivity index is 1.93. The summed E-state index contributed by atoms with van der Waals surface area (Å²) in [6, 6.07) is 8.68. The zero-order chi connectivity index (χ0) is 12.3. The summed E-state index contributed by atoms with van der Waals surface area (Å²) in [4.78, 5) is 2.45. The van der Waals surface area contributed by atoms with Gasteiger partial charge in [-0.05, 0) is 43.5 Å². The van der Waals surface area contributed by atoms with Crippen molar-refractivity contribution >= 4 is 0 Å². The number of hydrogen-bond acceptors (Lipinski definition) is 2. The summed E-state index contributed by atoms with van der Waals surface area (Å²) in [6.45, 7) is 9.15. The van der Waals surface area contributed by atoms with Gasteiger partial charge >= 0.3 is 0 Å². The predicted molar refractivity (Wildman–Crippen MR) is 73.1 cm³/mol. The first-order valence-electron chi connectivity index (χ1n) is 6.53. The molecule has 1 aromatic carbocycles. The Kier molecular flexibility index (Phi) is 3.85. The van der Waals surface area contributed by atoms with Gasteiger partial charge in [-0.3, -0.25) is 0 Å². The van der Waals surface area contributed by atoms with Crippen LogP contribution in [0.25, 0.3) is 0 Å². The van der Waals surface area contributed by atoms with Gasteiger partial charge in [0, 0.05) is 19.6 Å². The van der Waals surface area contributed by atoms with Crippen LogP contribution in [-0.4, -0.2) is 31.6 Å². The van der Waals surface area contributed by atoms with Crippen LogP contribution in [0.3, 0.4) is 0 Å². The largest absolute Gasteiger partial charge is 0.316 e. The minimum atomic E-state index is 0.456. The first kappa shape index (κ1) is 12.6. The van der Waals surface area contributed by atoms with Crippen LogP contribution in [0.5, 0.6) is 0 Å². The fourth-order valence-electron chi connectivity index (χ4n) is 2.79. The Hall–Kier alpha value is -0.860. The highest BCUT2D eigenvalue weighted by Crippen LogP contribution is 2.25. The summed E-state index contributed by atoms with van der Waals surface area (Å²) in [5.41, 5.74) is 3.30. The maximum Gasteiger partial charge on any atom is 0.0233 e. The number of aryl methyl sites for hydroxylation is 1. The molecule has 94 valence electrons. The molecule has 1 atom stereocenters. The molecule has 0 bridgehead atoms.